The lowest BCUT2D eigenvalue weighted by Crippen LogP contribution is -2.50. The van der Waals surface area contributed by atoms with Crippen molar-refractivity contribution in [2.24, 2.45) is 11.8 Å². The summed E-state index contributed by atoms with van der Waals surface area (Å²) in [7, 11) is 0. The van der Waals surface area contributed by atoms with Gasteiger partial charge in [0.2, 0.25) is 5.91 Å². The van der Waals surface area contributed by atoms with Gasteiger partial charge < -0.3 is 24.6 Å². The van der Waals surface area contributed by atoms with Gasteiger partial charge in [-0.2, -0.15) is 0 Å². The molecule has 37 heavy (non-hydrogen) atoms. The zero-order chi connectivity index (χ0) is 27.2. The predicted octanol–water partition coefficient (Wildman–Crippen LogP) is 4.21. The van der Waals surface area contributed by atoms with Gasteiger partial charge in [-0.25, -0.2) is 0 Å². The summed E-state index contributed by atoms with van der Waals surface area (Å²) in [6.07, 6.45) is 14.6. The third kappa shape index (κ3) is 8.74. The predicted molar refractivity (Wildman–Crippen MR) is 144 cm³/mol. The van der Waals surface area contributed by atoms with Gasteiger partial charge in [0.1, 0.15) is 17.8 Å². The average Bonchev–Trinajstić information content (AvgIpc) is 3.60. The van der Waals surface area contributed by atoms with Crippen molar-refractivity contribution in [1.82, 2.24) is 5.32 Å². The number of carbonyl (C=O) groups is 2. The Morgan fingerprint density at radius 2 is 1.84 bits per heavy atom. The summed E-state index contributed by atoms with van der Waals surface area (Å²) < 4.78 is 18.1. The third-order valence-corrected chi connectivity index (χ3v) is 7.44. The Balaban J connectivity index is 1.52. The van der Waals surface area contributed by atoms with E-state index in [1.165, 1.54) is 6.92 Å². The zero-order valence-electron chi connectivity index (χ0n) is 23.2. The summed E-state index contributed by atoms with van der Waals surface area (Å²) in [5, 5.41) is 13.9. The number of rotatable bonds is 10. The van der Waals surface area contributed by atoms with E-state index in [0.717, 1.165) is 18.4 Å². The number of allylic oxidation sites excluding steroid dienone is 4. The summed E-state index contributed by atoms with van der Waals surface area (Å²) in [6, 6.07) is 0.000624. The molecule has 8 atom stereocenters. The molecule has 7 heteroatoms. The van der Waals surface area contributed by atoms with Crippen molar-refractivity contribution in [2.45, 2.75) is 109 Å². The van der Waals surface area contributed by atoms with Crippen molar-refractivity contribution in [1.29, 1.82) is 0 Å². The number of ether oxygens (including phenoxy) is 3. The number of carbonyl (C=O) groups excluding carboxylic acids is 2. The first-order valence-corrected chi connectivity index (χ1v) is 13.6. The Bertz CT molecular complexity index is 915. The number of hydrogen-bond acceptors (Lipinski definition) is 6. The van der Waals surface area contributed by atoms with Gasteiger partial charge in [0.05, 0.1) is 31.0 Å². The average molecular weight is 516 g/mol. The van der Waals surface area contributed by atoms with Crippen molar-refractivity contribution in [3.05, 3.63) is 48.1 Å². The topological polar surface area (TPSA) is 97.4 Å². The molecule has 3 saturated heterocycles. The Hall–Kier alpha value is -2.06. The number of hydrogen-bond donors (Lipinski definition) is 2. The highest BCUT2D eigenvalue weighted by Gasteiger charge is 2.58. The van der Waals surface area contributed by atoms with E-state index in [1.54, 1.807) is 12.2 Å². The van der Waals surface area contributed by atoms with Crippen LogP contribution in [0.4, 0.5) is 0 Å². The maximum absolute atomic E-state index is 12.2. The van der Waals surface area contributed by atoms with Gasteiger partial charge in [0, 0.05) is 6.42 Å². The highest BCUT2D eigenvalue weighted by Crippen LogP contribution is 2.43. The van der Waals surface area contributed by atoms with Crippen molar-refractivity contribution < 1.29 is 28.9 Å². The van der Waals surface area contributed by atoms with E-state index >= 15 is 0 Å². The standard InChI is InChI=1S/C30H45NO6/c1-19(2)10-15-28(33)31-25-16-21(4)26(36-23(25)6)13-11-20(3)12-14-27-29(34)30(18-35-30)17-24(37-27)9-7-8-22(5)32/h7-8,10-12,14-15,19,21,23-27,29,34H,9,13,16-18H2,1-6H3,(H,31,33)/b8-7+,14-12+,15-10-,20-11+/t21-,23+,24+,25+,26-,27+,29+,30+/m0/s1. The minimum atomic E-state index is -0.713. The van der Waals surface area contributed by atoms with E-state index in [0.29, 0.717) is 31.3 Å². The van der Waals surface area contributed by atoms with Crippen LogP contribution in [-0.2, 0) is 23.8 Å². The fourth-order valence-corrected chi connectivity index (χ4v) is 5.05. The number of nitrogens with one attached hydrogen (secondary N) is 1. The summed E-state index contributed by atoms with van der Waals surface area (Å²) in [4.78, 5) is 23.4. The molecule has 0 bridgehead atoms. The lowest BCUT2D eigenvalue weighted by atomic mass is 9.87. The molecule has 0 radical (unpaired) electrons. The Morgan fingerprint density at radius 1 is 1.11 bits per heavy atom. The second-order valence-corrected chi connectivity index (χ2v) is 11.3. The Labute approximate surface area is 222 Å². The lowest BCUT2D eigenvalue weighted by Gasteiger charge is -2.39. The first-order valence-electron chi connectivity index (χ1n) is 13.6. The van der Waals surface area contributed by atoms with E-state index in [9.17, 15) is 14.7 Å². The molecule has 206 valence electrons. The highest BCUT2D eigenvalue weighted by atomic mass is 16.6. The minimum Gasteiger partial charge on any atom is -0.387 e. The first kappa shape index (κ1) is 29.5. The van der Waals surface area contributed by atoms with Crippen molar-refractivity contribution in [3.63, 3.8) is 0 Å². The molecule has 1 spiro atoms. The molecule has 3 aliphatic heterocycles. The van der Waals surface area contributed by atoms with Crippen molar-refractivity contribution in [2.75, 3.05) is 6.61 Å². The van der Waals surface area contributed by atoms with Crippen LogP contribution in [-0.4, -0.2) is 65.6 Å². The van der Waals surface area contributed by atoms with Crippen LogP contribution in [0, 0.1) is 11.8 Å². The largest absolute Gasteiger partial charge is 0.387 e. The molecular formula is C30H45NO6. The van der Waals surface area contributed by atoms with Gasteiger partial charge in [0.25, 0.3) is 0 Å². The quantitative estimate of drug-likeness (QED) is 0.257. The van der Waals surface area contributed by atoms with E-state index in [2.05, 4.69) is 18.3 Å². The van der Waals surface area contributed by atoms with Gasteiger partial charge in [-0.3, -0.25) is 9.59 Å². The monoisotopic (exact) mass is 515 g/mol. The molecule has 3 fully saturated rings. The summed E-state index contributed by atoms with van der Waals surface area (Å²) in [5.41, 5.74) is 0.537. The van der Waals surface area contributed by atoms with Crippen LogP contribution in [0.5, 0.6) is 0 Å². The van der Waals surface area contributed by atoms with Crippen LogP contribution < -0.4 is 5.32 Å². The molecule has 3 aliphatic rings. The normalized spacial score (nSPS) is 36.8. The molecule has 0 aromatic rings. The molecule has 0 aromatic heterocycles. The van der Waals surface area contributed by atoms with Crippen LogP contribution >= 0.6 is 0 Å². The molecule has 2 N–H and O–H groups in total. The molecule has 0 aromatic carbocycles. The SMILES string of the molecule is CC(=O)/C=C/C[C@@H]1C[C@@]2(CO2)[C@H](O)[C@@H](/C=C/C(C)=C/C[C@@H]2O[C@H](C)[C@H](NC(=O)/C=C\C(C)C)C[C@@H]2C)O1. The summed E-state index contributed by atoms with van der Waals surface area (Å²) in [6.45, 7) is 12.4. The van der Waals surface area contributed by atoms with Gasteiger partial charge in [-0.05, 0) is 64.0 Å². The molecular weight excluding hydrogens is 470 g/mol. The van der Waals surface area contributed by atoms with Crippen LogP contribution in [0.2, 0.25) is 0 Å². The second-order valence-electron chi connectivity index (χ2n) is 11.3. The Morgan fingerprint density at radius 3 is 2.49 bits per heavy atom. The van der Waals surface area contributed by atoms with E-state index in [-0.39, 0.29) is 36.0 Å². The lowest BCUT2D eigenvalue weighted by molar-refractivity contribution is -0.131. The molecule has 1 amide bonds. The minimum absolute atomic E-state index is 0.000624. The van der Waals surface area contributed by atoms with E-state index in [4.69, 9.17) is 14.2 Å². The van der Waals surface area contributed by atoms with E-state index in [1.807, 2.05) is 52.0 Å². The summed E-state index contributed by atoms with van der Waals surface area (Å²) >= 11 is 0. The Kier molecular flexibility index (Phi) is 10.5. The maximum Gasteiger partial charge on any atom is 0.243 e. The van der Waals surface area contributed by atoms with Crippen LogP contribution in [0.15, 0.2) is 48.1 Å². The van der Waals surface area contributed by atoms with Gasteiger partial charge in [0.15, 0.2) is 5.78 Å². The molecule has 0 aliphatic carbocycles. The number of ketones is 1. The van der Waals surface area contributed by atoms with Gasteiger partial charge in [-0.15, -0.1) is 0 Å². The smallest absolute Gasteiger partial charge is 0.243 e. The molecule has 7 nitrogen and oxygen atoms in total. The number of aliphatic hydroxyl groups excluding tert-OH is 1. The van der Waals surface area contributed by atoms with Crippen molar-refractivity contribution in [3.8, 4) is 0 Å². The zero-order valence-corrected chi connectivity index (χ0v) is 23.2. The molecule has 3 heterocycles. The highest BCUT2D eigenvalue weighted by molar-refractivity contribution is 5.87. The van der Waals surface area contributed by atoms with Gasteiger partial charge in [-0.1, -0.05) is 56.7 Å². The number of amides is 1. The van der Waals surface area contributed by atoms with E-state index < -0.39 is 17.8 Å². The summed E-state index contributed by atoms with van der Waals surface area (Å²) in [5.74, 6) is 0.590. The molecule has 3 rings (SSSR count). The fourth-order valence-electron chi connectivity index (χ4n) is 5.05. The van der Waals surface area contributed by atoms with Gasteiger partial charge >= 0.3 is 0 Å². The fraction of sp³-hybridized carbons (Fsp3) is 0.667. The second kappa shape index (κ2) is 13.1. The van der Waals surface area contributed by atoms with Crippen molar-refractivity contribution >= 4 is 11.7 Å². The molecule has 0 unspecified atom stereocenters. The third-order valence-electron chi connectivity index (χ3n) is 7.44. The van der Waals surface area contributed by atoms with Crippen LogP contribution in [0.25, 0.3) is 0 Å². The number of epoxide rings is 1. The first-order chi connectivity index (χ1) is 17.5. The van der Waals surface area contributed by atoms with Crippen LogP contribution in [0.3, 0.4) is 0 Å². The number of aliphatic hydroxyl groups is 1. The molecule has 0 saturated carbocycles. The maximum atomic E-state index is 12.2. The van der Waals surface area contributed by atoms with Crippen LogP contribution in [0.1, 0.15) is 67.2 Å².